The Hall–Kier alpha value is -1.58. The standard InChI is InChI=1S/C15H24N2O2/c1-5-7-13(8-6-2)16-14-9-12(4)15(17(18)19)10-11(14)3/h9-10,13,16H,5-8H2,1-4H3. The van der Waals surface area contributed by atoms with Crippen molar-refractivity contribution < 1.29 is 4.92 Å². The molecular weight excluding hydrogens is 240 g/mol. The SMILES string of the molecule is CCCC(CCC)Nc1cc(C)c([N+](=O)[O-])cc1C. The maximum Gasteiger partial charge on any atom is 0.272 e. The quantitative estimate of drug-likeness (QED) is 0.578. The van der Waals surface area contributed by atoms with Crippen LogP contribution in [-0.4, -0.2) is 11.0 Å². The minimum absolute atomic E-state index is 0.200. The van der Waals surface area contributed by atoms with Crippen LogP contribution in [0.4, 0.5) is 11.4 Å². The maximum absolute atomic E-state index is 10.9. The van der Waals surface area contributed by atoms with Crippen LogP contribution >= 0.6 is 0 Å². The molecule has 0 heterocycles. The lowest BCUT2D eigenvalue weighted by atomic mass is 10.0. The topological polar surface area (TPSA) is 55.2 Å². The van der Waals surface area contributed by atoms with Crippen molar-refractivity contribution >= 4 is 11.4 Å². The van der Waals surface area contributed by atoms with E-state index < -0.39 is 0 Å². The minimum atomic E-state index is -0.318. The van der Waals surface area contributed by atoms with E-state index in [1.807, 2.05) is 13.0 Å². The molecule has 0 bridgehead atoms. The molecule has 0 amide bonds. The van der Waals surface area contributed by atoms with Crippen LogP contribution < -0.4 is 5.32 Å². The number of nitro groups is 1. The van der Waals surface area contributed by atoms with Crippen molar-refractivity contribution in [1.82, 2.24) is 0 Å². The number of nitro benzene ring substituents is 1. The van der Waals surface area contributed by atoms with Crippen molar-refractivity contribution in [3.05, 3.63) is 33.4 Å². The second-order valence-corrected chi connectivity index (χ2v) is 5.13. The number of nitrogens with one attached hydrogen (secondary N) is 1. The molecule has 1 N–H and O–H groups in total. The van der Waals surface area contributed by atoms with E-state index in [0.717, 1.165) is 36.9 Å². The van der Waals surface area contributed by atoms with E-state index in [0.29, 0.717) is 11.6 Å². The van der Waals surface area contributed by atoms with Gasteiger partial charge in [-0.3, -0.25) is 10.1 Å². The highest BCUT2D eigenvalue weighted by Gasteiger charge is 2.15. The van der Waals surface area contributed by atoms with E-state index in [4.69, 9.17) is 0 Å². The molecule has 0 aliphatic heterocycles. The number of hydrogen-bond acceptors (Lipinski definition) is 3. The molecule has 0 fully saturated rings. The number of anilines is 1. The molecule has 4 nitrogen and oxygen atoms in total. The minimum Gasteiger partial charge on any atom is -0.382 e. The lowest BCUT2D eigenvalue weighted by molar-refractivity contribution is -0.385. The van der Waals surface area contributed by atoms with Crippen LogP contribution in [0, 0.1) is 24.0 Å². The Morgan fingerprint density at radius 1 is 1.16 bits per heavy atom. The van der Waals surface area contributed by atoms with Gasteiger partial charge in [0, 0.05) is 23.4 Å². The second kappa shape index (κ2) is 7.12. The molecule has 106 valence electrons. The molecule has 19 heavy (non-hydrogen) atoms. The molecule has 1 aromatic carbocycles. The fourth-order valence-electron chi connectivity index (χ4n) is 2.36. The maximum atomic E-state index is 10.9. The van der Waals surface area contributed by atoms with Gasteiger partial charge in [-0.1, -0.05) is 26.7 Å². The van der Waals surface area contributed by atoms with Crippen LogP contribution in [0.25, 0.3) is 0 Å². The molecule has 0 saturated heterocycles. The van der Waals surface area contributed by atoms with Crippen molar-refractivity contribution in [1.29, 1.82) is 0 Å². The van der Waals surface area contributed by atoms with Crippen LogP contribution in [-0.2, 0) is 0 Å². The predicted octanol–water partition coefficient (Wildman–Crippen LogP) is 4.59. The van der Waals surface area contributed by atoms with E-state index in [-0.39, 0.29) is 10.6 Å². The van der Waals surface area contributed by atoms with Gasteiger partial charge in [0.2, 0.25) is 0 Å². The van der Waals surface area contributed by atoms with Crippen LogP contribution in [0.5, 0.6) is 0 Å². The van der Waals surface area contributed by atoms with Gasteiger partial charge in [-0.05, 0) is 38.3 Å². The fraction of sp³-hybridized carbons (Fsp3) is 0.600. The first kappa shape index (κ1) is 15.5. The number of aryl methyl sites for hydroxylation is 2. The normalized spacial score (nSPS) is 10.8. The number of nitrogens with zero attached hydrogens (tertiary/aromatic N) is 1. The van der Waals surface area contributed by atoms with Crippen LogP contribution in [0.2, 0.25) is 0 Å². The number of hydrogen-bond donors (Lipinski definition) is 1. The van der Waals surface area contributed by atoms with Gasteiger partial charge in [0.25, 0.3) is 5.69 Å². The molecule has 1 rings (SSSR count). The Morgan fingerprint density at radius 2 is 1.74 bits per heavy atom. The Kier molecular flexibility index (Phi) is 5.80. The third-order valence-corrected chi connectivity index (χ3v) is 3.37. The molecule has 0 aliphatic rings. The summed E-state index contributed by atoms with van der Waals surface area (Å²) in [5.41, 5.74) is 2.87. The van der Waals surface area contributed by atoms with E-state index >= 15 is 0 Å². The van der Waals surface area contributed by atoms with Gasteiger partial charge >= 0.3 is 0 Å². The second-order valence-electron chi connectivity index (χ2n) is 5.13. The molecule has 0 saturated carbocycles. The third kappa shape index (κ3) is 4.23. The van der Waals surface area contributed by atoms with Gasteiger partial charge in [0.05, 0.1) is 4.92 Å². The van der Waals surface area contributed by atoms with Crippen molar-refractivity contribution in [3.63, 3.8) is 0 Å². The lowest BCUT2D eigenvalue weighted by Crippen LogP contribution is -2.19. The summed E-state index contributed by atoms with van der Waals surface area (Å²) in [7, 11) is 0. The van der Waals surface area contributed by atoms with E-state index in [1.54, 1.807) is 13.0 Å². The fourth-order valence-corrected chi connectivity index (χ4v) is 2.36. The largest absolute Gasteiger partial charge is 0.382 e. The zero-order valence-electron chi connectivity index (χ0n) is 12.3. The summed E-state index contributed by atoms with van der Waals surface area (Å²) in [6.45, 7) is 8.07. The highest BCUT2D eigenvalue weighted by Crippen LogP contribution is 2.27. The van der Waals surface area contributed by atoms with Crippen molar-refractivity contribution in [3.8, 4) is 0 Å². The van der Waals surface area contributed by atoms with Crippen LogP contribution in [0.15, 0.2) is 12.1 Å². The molecule has 0 aliphatic carbocycles. The summed E-state index contributed by atoms with van der Waals surface area (Å²) in [6.07, 6.45) is 4.54. The van der Waals surface area contributed by atoms with E-state index in [2.05, 4.69) is 19.2 Å². The van der Waals surface area contributed by atoms with Gasteiger partial charge in [-0.2, -0.15) is 0 Å². The smallest absolute Gasteiger partial charge is 0.272 e. The Labute approximate surface area is 115 Å². The molecule has 1 aromatic rings. The molecule has 0 unspecified atom stereocenters. The lowest BCUT2D eigenvalue weighted by Gasteiger charge is -2.20. The predicted molar refractivity (Wildman–Crippen MR) is 79.8 cm³/mol. The number of benzene rings is 1. The Bertz CT molecular complexity index is 438. The average Bonchev–Trinajstić information content (AvgIpc) is 2.33. The van der Waals surface area contributed by atoms with Crippen molar-refractivity contribution in [2.24, 2.45) is 0 Å². The monoisotopic (exact) mass is 264 g/mol. The first-order valence-electron chi connectivity index (χ1n) is 7.01. The van der Waals surface area contributed by atoms with Crippen LogP contribution in [0.1, 0.15) is 50.7 Å². The average molecular weight is 264 g/mol. The summed E-state index contributed by atoms with van der Waals surface area (Å²) >= 11 is 0. The van der Waals surface area contributed by atoms with Gasteiger partial charge in [0.1, 0.15) is 0 Å². The summed E-state index contributed by atoms with van der Waals surface area (Å²) in [5, 5.41) is 14.4. The molecule has 0 spiro atoms. The zero-order chi connectivity index (χ0) is 14.4. The van der Waals surface area contributed by atoms with Crippen molar-refractivity contribution in [2.45, 2.75) is 59.4 Å². The van der Waals surface area contributed by atoms with Crippen molar-refractivity contribution in [2.75, 3.05) is 5.32 Å². The first-order valence-corrected chi connectivity index (χ1v) is 7.01. The molecular formula is C15H24N2O2. The molecule has 0 radical (unpaired) electrons. The summed E-state index contributed by atoms with van der Waals surface area (Å²) in [4.78, 5) is 10.6. The van der Waals surface area contributed by atoms with Gasteiger partial charge in [0.15, 0.2) is 0 Å². The molecule has 0 aromatic heterocycles. The van der Waals surface area contributed by atoms with E-state index in [9.17, 15) is 10.1 Å². The van der Waals surface area contributed by atoms with Gasteiger partial charge in [-0.25, -0.2) is 0 Å². The van der Waals surface area contributed by atoms with E-state index in [1.165, 1.54) is 0 Å². The molecule has 0 atom stereocenters. The third-order valence-electron chi connectivity index (χ3n) is 3.37. The highest BCUT2D eigenvalue weighted by molar-refractivity contribution is 5.59. The Balaban J connectivity index is 2.94. The summed E-state index contributed by atoms with van der Waals surface area (Å²) in [5.74, 6) is 0. The molecule has 4 heteroatoms. The van der Waals surface area contributed by atoms with Crippen LogP contribution in [0.3, 0.4) is 0 Å². The van der Waals surface area contributed by atoms with Gasteiger partial charge in [-0.15, -0.1) is 0 Å². The number of rotatable bonds is 7. The summed E-state index contributed by atoms with van der Waals surface area (Å²) < 4.78 is 0. The van der Waals surface area contributed by atoms with Gasteiger partial charge < -0.3 is 5.32 Å². The summed E-state index contributed by atoms with van der Waals surface area (Å²) in [6, 6.07) is 4.01. The Morgan fingerprint density at radius 3 is 2.21 bits per heavy atom. The zero-order valence-corrected chi connectivity index (χ0v) is 12.3. The highest BCUT2D eigenvalue weighted by atomic mass is 16.6. The first-order chi connectivity index (χ1) is 8.99.